The Hall–Kier alpha value is -3.28. The smallest absolute Gasteiger partial charge is 0.295 e. The second-order valence-electron chi connectivity index (χ2n) is 6.34. The van der Waals surface area contributed by atoms with Crippen LogP contribution in [0.5, 0.6) is 11.6 Å². The van der Waals surface area contributed by atoms with Gasteiger partial charge in [0, 0.05) is 35.1 Å². The minimum atomic E-state index is -0.401. The number of ether oxygens (including phenoxy) is 1. The van der Waals surface area contributed by atoms with Crippen molar-refractivity contribution in [2.75, 3.05) is 11.9 Å². The molecule has 0 bridgehead atoms. The van der Waals surface area contributed by atoms with Gasteiger partial charge in [0.15, 0.2) is 0 Å². The summed E-state index contributed by atoms with van der Waals surface area (Å²) in [7, 11) is 0. The third-order valence-corrected chi connectivity index (χ3v) is 4.60. The van der Waals surface area contributed by atoms with Crippen LogP contribution in [0.1, 0.15) is 23.6 Å². The highest BCUT2D eigenvalue weighted by atomic mass is 16.5. The number of allylic oxidation sites excluding steroid dienone is 1. The van der Waals surface area contributed by atoms with Crippen LogP contribution < -0.4 is 10.1 Å². The molecule has 2 aromatic rings. The van der Waals surface area contributed by atoms with Gasteiger partial charge in [-0.2, -0.15) is 5.11 Å². The first kappa shape index (κ1) is 16.2. The Morgan fingerprint density at radius 3 is 2.85 bits per heavy atom. The Morgan fingerprint density at radius 1 is 1.19 bits per heavy atom. The molecule has 0 atom stereocenters. The molecule has 26 heavy (non-hydrogen) atoms. The van der Waals surface area contributed by atoms with E-state index < -0.39 is 5.91 Å². The van der Waals surface area contributed by atoms with Crippen molar-refractivity contribution in [3.8, 4) is 11.6 Å². The molecule has 2 aliphatic heterocycles. The molecule has 0 saturated heterocycles. The van der Waals surface area contributed by atoms with Crippen molar-refractivity contribution in [1.82, 2.24) is 4.98 Å². The van der Waals surface area contributed by atoms with Crippen molar-refractivity contribution >= 4 is 17.2 Å². The first-order valence-corrected chi connectivity index (χ1v) is 8.41. The second kappa shape index (κ2) is 6.22. The van der Waals surface area contributed by atoms with Gasteiger partial charge < -0.3 is 10.1 Å². The molecule has 6 nitrogen and oxygen atoms in total. The lowest BCUT2D eigenvalue weighted by Crippen LogP contribution is -2.07. The molecule has 130 valence electrons. The number of nitrogens with zero attached hydrogens (tertiary/aromatic N) is 3. The van der Waals surface area contributed by atoms with Crippen LogP contribution in [0.4, 0.5) is 5.69 Å². The SMILES string of the molecule is C=C1C(=O)N=NC(C)=C1c1ccc(Oc2nccc3c2CCN3)cc1C. The molecule has 1 N–H and O–H groups in total. The number of benzene rings is 1. The lowest BCUT2D eigenvalue weighted by molar-refractivity contribution is -0.114. The Bertz CT molecular complexity index is 1000. The lowest BCUT2D eigenvalue weighted by Gasteiger charge is -2.17. The molecule has 0 fully saturated rings. The molecule has 6 heteroatoms. The molecule has 1 aromatic carbocycles. The fourth-order valence-electron chi connectivity index (χ4n) is 3.30. The van der Waals surface area contributed by atoms with Crippen LogP contribution in [0.3, 0.4) is 0 Å². The molecule has 0 saturated carbocycles. The van der Waals surface area contributed by atoms with Gasteiger partial charge in [-0.15, -0.1) is 5.11 Å². The largest absolute Gasteiger partial charge is 0.439 e. The van der Waals surface area contributed by atoms with Crippen LogP contribution in [0.15, 0.2) is 58.5 Å². The van der Waals surface area contributed by atoms with E-state index in [2.05, 4.69) is 27.1 Å². The summed E-state index contributed by atoms with van der Waals surface area (Å²) in [5.41, 5.74) is 5.82. The fourth-order valence-corrected chi connectivity index (χ4v) is 3.30. The molecule has 0 radical (unpaired) electrons. The highest BCUT2D eigenvalue weighted by Gasteiger charge is 2.22. The van der Waals surface area contributed by atoms with Gasteiger partial charge in [0.05, 0.1) is 5.70 Å². The zero-order chi connectivity index (χ0) is 18.3. The van der Waals surface area contributed by atoms with Gasteiger partial charge >= 0.3 is 0 Å². The number of anilines is 1. The van der Waals surface area contributed by atoms with Crippen LogP contribution in [0, 0.1) is 6.92 Å². The quantitative estimate of drug-likeness (QED) is 0.834. The minimum Gasteiger partial charge on any atom is -0.439 e. The van der Waals surface area contributed by atoms with Crippen LogP contribution in [0.25, 0.3) is 5.57 Å². The normalized spacial score (nSPS) is 15.9. The molecule has 3 heterocycles. The van der Waals surface area contributed by atoms with E-state index >= 15 is 0 Å². The van der Waals surface area contributed by atoms with Crippen molar-refractivity contribution in [3.05, 3.63) is 65.0 Å². The van der Waals surface area contributed by atoms with Gasteiger partial charge in [-0.1, -0.05) is 12.6 Å². The molecule has 1 aromatic heterocycles. The summed E-state index contributed by atoms with van der Waals surface area (Å²) < 4.78 is 6.02. The molecule has 1 amide bonds. The number of hydrogen-bond donors (Lipinski definition) is 1. The predicted molar refractivity (Wildman–Crippen MR) is 99.3 cm³/mol. The highest BCUT2D eigenvalue weighted by Crippen LogP contribution is 2.36. The number of pyridine rings is 1. The van der Waals surface area contributed by atoms with Crippen molar-refractivity contribution in [1.29, 1.82) is 0 Å². The van der Waals surface area contributed by atoms with E-state index in [1.807, 2.05) is 38.1 Å². The summed E-state index contributed by atoms with van der Waals surface area (Å²) in [6.07, 6.45) is 2.64. The van der Waals surface area contributed by atoms with Crippen molar-refractivity contribution in [2.45, 2.75) is 20.3 Å². The maximum atomic E-state index is 11.8. The Balaban J connectivity index is 1.67. The fraction of sp³-hybridized carbons (Fsp3) is 0.200. The summed E-state index contributed by atoms with van der Waals surface area (Å²) in [5, 5.41) is 10.8. The first-order valence-electron chi connectivity index (χ1n) is 8.41. The number of hydrogen-bond acceptors (Lipinski definition) is 5. The van der Waals surface area contributed by atoms with E-state index in [1.165, 1.54) is 0 Å². The van der Waals surface area contributed by atoms with E-state index in [1.54, 1.807) is 6.20 Å². The molecule has 4 rings (SSSR count). The van der Waals surface area contributed by atoms with Gasteiger partial charge in [0.1, 0.15) is 5.75 Å². The van der Waals surface area contributed by atoms with Gasteiger partial charge in [0.2, 0.25) is 5.88 Å². The average molecular weight is 346 g/mol. The minimum absolute atomic E-state index is 0.364. The summed E-state index contributed by atoms with van der Waals surface area (Å²) in [6.45, 7) is 8.55. The number of azo groups is 1. The maximum Gasteiger partial charge on any atom is 0.295 e. The standard InChI is InChI=1S/C20H18N4O2/c1-11-10-14(26-20-16-6-8-21-17(16)7-9-22-20)4-5-15(11)18-12(2)19(25)24-23-13(18)3/h4-5,7,9-10,21H,2,6,8H2,1,3H3. The number of amides is 1. The van der Waals surface area contributed by atoms with E-state index in [4.69, 9.17) is 4.74 Å². The predicted octanol–water partition coefficient (Wildman–Crippen LogP) is 4.43. The monoisotopic (exact) mass is 346 g/mol. The number of aryl methyl sites for hydroxylation is 1. The Labute approximate surface area is 151 Å². The summed E-state index contributed by atoms with van der Waals surface area (Å²) >= 11 is 0. The Kier molecular flexibility index (Phi) is 3.88. The van der Waals surface area contributed by atoms with Crippen LogP contribution in [-0.4, -0.2) is 17.4 Å². The lowest BCUT2D eigenvalue weighted by atomic mass is 9.92. The number of rotatable bonds is 3. The summed E-state index contributed by atoms with van der Waals surface area (Å²) in [4.78, 5) is 16.2. The van der Waals surface area contributed by atoms with Gasteiger partial charge in [0.25, 0.3) is 5.91 Å². The topological polar surface area (TPSA) is 75.9 Å². The van der Waals surface area contributed by atoms with E-state index in [9.17, 15) is 4.79 Å². The molecular formula is C20H18N4O2. The molecule has 0 aliphatic carbocycles. The molecular weight excluding hydrogens is 328 g/mol. The van der Waals surface area contributed by atoms with Crippen molar-refractivity contribution < 1.29 is 9.53 Å². The van der Waals surface area contributed by atoms with Gasteiger partial charge in [-0.05, 0) is 49.6 Å². The van der Waals surface area contributed by atoms with E-state index in [0.29, 0.717) is 22.9 Å². The summed E-state index contributed by atoms with van der Waals surface area (Å²) in [6, 6.07) is 7.68. The van der Waals surface area contributed by atoms with Gasteiger partial charge in [-0.25, -0.2) is 4.98 Å². The third kappa shape index (κ3) is 2.69. The Morgan fingerprint density at radius 2 is 2.04 bits per heavy atom. The molecule has 0 unspecified atom stereocenters. The van der Waals surface area contributed by atoms with Crippen LogP contribution in [-0.2, 0) is 11.2 Å². The second-order valence-corrected chi connectivity index (χ2v) is 6.34. The van der Waals surface area contributed by atoms with Crippen molar-refractivity contribution in [2.24, 2.45) is 10.2 Å². The number of fused-ring (bicyclic) bond motifs is 1. The average Bonchev–Trinajstić information content (AvgIpc) is 3.10. The zero-order valence-electron chi connectivity index (χ0n) is 14.7. The van der Waals surface area contributed by atoms with E-state index in [-0.39, 0.29) is 0 Å². The molecule has 2 aliphatic rings. The first-order chi connectivity index (χ1) is 12.5. The number of aromatic nitrogens is 1. The third-order valence-electron chi connectivity index (χ3n) is 4.60. The van der Waals surface area contributed by atoms with Crippen molar-refractivity contribution in [3.63, 3.8) is 0 Å². The number of carbonyl (C=O) groups excluding carboxylic acids is 1. The number of nitrogens with one attached hydrogen (secondary N) is 1. The van der Waals surface area contributed by atoms with E-state index in [0.717, 1.165) is 40.9 Å². The highest BCUT2D eigenvalue weighted by molar-refractivity contribution is 6.10. The zero-order valence-corrected chi connectivity index (χ0v) is 14.7. The molecule has 0 spiro atoms. The maximum absolute atomic E-state index is 11.8. The van der Waals surface area contributed by atoms with Crippen LogP contribution >= 0.6 is 0 Å². The van der Waals surface area contributed by atoms with Crippen LogP contribution in [0.2, 0.25) is 0 Å². The summed E-state index contributed by atoms with van der Waals surface area (Å²) in [5.74, 6) is 0.926. The van der Waals surface area contributed by atoms with Gasteiger partial charge in [-0.3, -0.25) is 4.79 Å². The number of carbonyl (C=O) groups is 1.